The van der Waals surface area contributed by atoms with Crippen molar-refractivity contribution >= 4 is 12.1 Å². The summed E-state index contributed by atoms with van der Waals surface area (Å²) in [5, 5.41) is 10.9. The van der Waals surface area contributed by atoms with E-state index in [1.165, 1.54) is 0 Å². The van der Waals surface area contributed by atoms with Gasteiger partial charge in [0, 0.05) is 0 Å². The van der Waals surface area contributed by atoms with Crippen molar-refractivity contribution in [2.75, 3.05) is 13.7 Å². The molecule has 0 saturated heterocycles. The highest BCUT2D eigenvalue weighted by Crippen LogP contribution is 2.56. The molecule has 3 atom stereocenters. The minimum atomic E-state index is -3.22. The molecular formula is C12H19F2NO5. The fraction of sp³-hybridized carbons (Fsp3) is 0.833. The van der Waals surface area contributed by atoms with Gasteiger partial charge in [-0.15, -0.1) is 0 Å². The lowest BCUT2D eigenvalue weighted by Crippen LogP contribution is -2.46. The molecule has 6 nitrogen and oxygen atoms in total. The van der Waals surface area contributed by atoms with Gasteiger partial charge in [-0.05, 0) is 20.8 Å². The average molecular weight is 295 g/mol. The third kappa shape index (κ3) is 3.56. The first kappa shape index (κ1) is 16.6. The standard InChI is InChI=1S/C12H19F2NO5/c1-11(2,3)20-10(18)15-8(9(17)19-4)7-6(5-16)12(7,13)14/h6-8,16H,5H2,1-4H3,(H,15,18)/t6-,7-,8-/m0/s1. The van der Waals surface area contributed by atoms with Crippen molar-refractivity contribution in [1.29, 1.82) is 0 Å². The van der Waals surface area contributed by atoms with E-state index in [0.29, 0.717) is 0 Å². The van der Waals surface area contributed by atoms with Crippen molar-refractivity contribution < 1.29 is 33.0 Å². The van der Waals surface area contributed by atoms with Gasteiger partial charge in [0.1, 0.15) is 11.6 Å². The van der Waals surface area contributed by atoms with E-state index in [4.69, 9.17) is 9.84 Å². The summed E-state index contributed by atoms with van der Waals surface area (Å²) in [6.45, 7) is 4.02. The molecule has 1 rings (SSSR count). The molecule has 20 heavy (non-hydrogen) atoms. The number of hydrogen-bond acceptors (Lipinski definition) is 5. The lowest BCUT2D eigenvalue weighted by Gasteiger charge is -2.22. The molecule has 116 valence electrons. The molecule has 0 aromatic carbocycles. The molecule has 8 heteroatoms. The first-order valence-electron chi connectivity index (χ1n) is 6.10. The number of amides is 1. The second-order valence-corrected chi connectivity index (χ2v) is 5.64. The Morgan fingerprint density at radius 1 is 1.40 bits per heavy atom. The molecule has 1 fully saturated rings. The smallest absolute Gasteiger partial charge is 0.408 e. The number of carbonyl (C=O) groups is 2. The maximum Gasteiger partial charge on any atom is 0.408 e. The van der Waals surface area contributed by atoms with Gasteiger partial charge >= 0.3 is 12.1 Å². The number of alkyl halides is 2. The second kappa shape index (κ2) is 5.51. The van der Waals surface area contributed by atoms with Crippen molar-refractivity contribution in [2.45, 2.75) is 38.3 Å². The van der Waals surface area contributed by atoms with Crippen molar-refractivity contribution in [3.8, 4) is 0 Å². The number of aliphatic hydroxyl groups excluding tert-OH is 1. The van der Waals surface area contributed by atoms with Gasteiger partial charge in [-0.25, -0.2) is 18.4 Å². The van der Waals surface area contributed by atoms with Crippen LogP contribution in [0.3, 0.4) is 0 Å². The number of nitrogens with one attached hydrogen (secondary N) is 1. The van der Waals surface area contributed by atoms with E-state index in [2.05, 4.69) is 10.1 Å². The van der Waals surface area contributed by atoms with E-state index in [1.54, 1.807) is 20.8 Å². The number of hydrogen-bond donors (Lipinski definition) is 2. The van der Waals surface area contributed by atoms with Gasteiger partial charge in [-0.1, -0.05) is 0 Å². The Morgan fingerprint density at radius 2 is 1.95 bits per heavy atom. The molecule has 1 saturated carbocycles. The van der Waals surface area contributed by atoms with Crippen molar-refractivity contribution in [3.63, 3.8) is 0 Å². The van der Waals surface area contributed by atoms with Crippen LogP contribution < -0.4 is 5.32 Å². The number of aliphatic hydroxyl groups is 1. The van der Waals surface area contributed by atoms with Crippen LogP contribution in [-0.4, -0.2) is 48.5 Å². The molecule has 0 aliphatic heterocycles. The summed E-state index contributed by atoms with van der Waals surface area (Å²) in [7, 11) is 1.03. The molecule has 0 spiro atoms. The van der Waals surface area contributed by atoms with Gasteiger partial charge in [0.05, 0.1) is 25.6 Å². The first-order chi connectivity index (χ1) is 9.04. The largest absolute Gasteiger partial charge is 0.467 e. The van der Waals surface area contributed by atoms with Gasteiger partial charge < -0.3 is 19.9 Å². The fourth-order valence-corrected chi connectivity index (χ4v) is 1.96. The molecule has 2 N–H and O–H groups in total. The van der Waals surface area contributed by atoms with Crippen LogP contribution in [0.4, 0.5) is 13.6 Å². The van der Waals surface area contributed by atoms with Crippen LogP contribution in [0.1, 0.15) is 20.8 Å². The Morgan fingerprint density at radius 3 is 2.30 bits per heavy atom. The van der Waals surface area contributed by atoms with Crippen molar-refractivity contribution in [1.82, 2.24) is 5.32 Å². The zero-order chi connectivity index (χ0) is 15.7. The predicted octanol–water partition coefficient (Wildman–Crippen LogP) is 0.926. The molecule has 0 heterocycles. The molecule has 0 aromatic rings. The highest BCUT2D eigenvalue weighted by molar-refractivity contribution is 5.82. The number of halogens is 2. The fourth-order valence-electron chi connectivity index (χ4n) is 1.96. The highest BCUT2D eigenvalue weighted by atomic mass is 19.3. The quantitative estimate of drug-likeness (QED) is 0.754. The summed E-state index contributed by atoms with van der Waals surface area (Å²) < 4.78 is 36.2. The summed E-state index contributed by atoms with van der Waals surface area (Å²) >= 11 is 0. The van der Waals surface area contributed by atoms with Gasteiger partial charge in [-0.3, -0.25) is 0 Å². The van der Waals surface area contributed by atoms with E-state index in [-0.39, 0.29) is 0 Å². The zero-order valence-corrected chi connectivity index (χ0v) is 11.8. The number of methoxy groups -OCH3 is 1. The number of rotatable bonds is 4. The normalized spacial score (nSPS) is 25.6. The topological polar surface area (TPSA) is 84.9 Å². The molecule has 1 aliphatic rings. The minimum Gasteiger partial charge on any atom is -0.467 e. The summed E-state index contributed by atoms with van der Waals surface area (Å²) in [6, 6.07) is -1.55. The number of esters is 1. The molecule has 0 unspecified atom stereocenters. The zero-order valence-electron chi connectivity index (χ0n) is 11.8. The van der Waals surface area contributed by atoms with Crippen molar-refractivity contribution in [3.05, 3.63) is 0 Å². The molecule has 1 aliphatic carbocycles. The molecule has 0 bridgehead atoms. The SMILES string of the molecule is COC(=O)[C@@H](NC(=O)OC(C)(C)C)[C@@H]1[C@H](CO)C1(F)F. The van der Waals surface area contributed by atoms with E-state index < -0.39 is 48.1 Å². The first-order valence-corrected chi connectivity index (χ1v) is 6.10. The molecule has 0 aromatic heterocycles. The Labute approximate surface area is 115 Å². The molecule has 0 radical (unpaired) electrons. The van der Waals surface area contributed by atoms with E-state index in [9.17, 15) is 18.4 Å². The van der Waals surface area contributed by atoms with E-state index in [0.717, 1.165) is 7.11 Å². The van der Waals surface area contributed by atoms with Gasteiger partial charge in [0.2, 0.25) is 0 Å². The van der Waals surface area contributed by atoms with Gasteiger partial charge in [0.15, 0.2) is 0 Å². The molecular weight excluding hydrogens is 276 g/mol. The monoisotopic (exact) mass is 295 g/mol. The second-order valence-electron chi connectivity index (χ2n) is 5.64. The van der Waals surface area contributed by atoms with Crippen LogP contribution in [0.15, 0.2) is 0 Å². The van der Waals surface area contributed by atoms with Crippen LogP contribution in [-0.2, 0) is 14.3 Å². The number of ether oxygens (including phenoxy) is 2. The Balaban J connectivity index is 2.78. The minimum absolute atomic E-state index is 0.777. The molecule has 1 amide bonds. The van der Waals surface area contributed by atoms with Gasteiger partial charge in [0.25, 0.3) is 5.92 Å². The van der Waals surface area contributed by atoms with Crippen LogP contribution in [0, 0.1) is 11.8 Å². The summed E-state index contributed by atoms with van der Waals surface area (Å²) in [4.78, 5) is 23.1. The average Bonchev–Trinajstić information content (AvgIpc) is 2.84. The van der Waals surface area contributed by atoms with E-state index in [1.807, 2.05) is 0 Å². The summed E-state index contributed by atoms with van der Waals surface area (Å²) in [5.74, 6) is -7.09. The summed E-state index contributed by atoms with van der Waals surface area (Å²) in [6.07, 6.45) is -0.993. The lowest BCUT2D eigenvalue weighted by molar-refractivity contribution is -0.144. The maximum absolute atomic E-state index is 13.4. The van der Waals surface area contributed by atoms with Crippen LogP contribution in [0.2, 0.25) is 0 Å². The Bertz CT molecular complexity index is 394. The van der Waals surface area contributed by atoms with Gasteiger partial charge in [-0.2, -0.15) is 0 Å². The predicted molar refractivity (Wildman–Crippen MR) is 64.2 cm³/mol. The van der Waals surface area contributed by atoms with Crippen LogP contribution in [0.5, 0.6) is 0 Å². The third-order valence-electron chi connectivity index (χ3n) is 2.95. The summed E-state index contributed by atoms with van der Waals surface area (Å²) in [5.41, 5.74) is -0.826. The highest BCUT2D eigenvalue weighted by Gasteiger charge is 2.72. The number of alkyl carbamates (subject to hydrolysis) is 1. The maximum atomic E-state index is 13.4. The van der Waals surface area contributed by atoms with Crippen LogP contribution >= 0.6 is 0 Å². The van der Waals surface area contributed by atoms with Crippen LogP contribution in [0.25, 0.3) is 0 Å². The Hall–Kier alpha value is -1.44. The van der Waals surface area contributed by atoms with Crippen molar-refractivity contribution in [2.24, 2.45) is 11.8 Å². The number of carbonyl (C=O) groups excluding carboxylic acids is 2. The lowest BCUT2D eigenvalue weighted by atomic mass is 10.1. The van der Waals surface area contributed by atoms with E-state index >= 15 is 0 Å². The Kier molecular flexibility index (Phi) is 4.58. The third-order valence-corrected chi connectivity index (χ3v) is 2.95.